The minimum absolute atomic E-state index is 0.178. The van der Waals surface area contributed by atoms with Crippen LogP contribution in [0.15, 0.2) is 24.3 Å². The molecular weight excluding hydrogens is 237 g/mol. The van der Waals surface area contributed by atoms with Crippen LogP contribution in [0.2, 0.25) is 0 Å². The maximum absolute atomic E-state index is 12.6. The number of hydrogen-bond acceptors (Lipinski definition) is 3. The average Bonchev–Trinajstić information content (AvgIpc) is 2.30. The van der Waals surface area contributed by atoms with Crippen LogP contribution in [0.3, 0.4) is 0 Å². The molecule has 1 rings (SSSR count). The smallest absolute Gasteiger partial charge is 0.237 e. The van der Waals surface area contributed by atoms with Crippen molar-refractivity contribution in [1.29, 1.82) is 0 Å². The van der Waals surface area contributed by atoms with Gasteiger partial charge in [-0.05, 0) is 24.1 Å². The summed E-state index contributed by atoms with van der Waals surface area (Å²) in [5.41, 5.74) is 11.3. The normalized spacial score (nSPS) is 11.9. The molecule has 98 valence electrons. The SMILES string of the molecule is NC(=O)CC(N)C(=O)NCCc1ccc(F)cc1. The first kappa shape index (κ1) is 14.1. The molecule has 5 N–H and O–H groups in total. The van der Waals surface area contributed by atoms with Gasteiger partial charge in [-0.25, -0.2) is 4.39 Å². The van der Waals surface area contributed by atoms with Gasteiger partial charge < -0.3 is 16.8 Å². The Hall–Kier alpha value is -1.95. The standard InChI is InChI=1S/C12H16FN3O2/c13-9-3-1-8(2-4-9)5-6-16-12(18)10(14)7-11(15)17/h1-4,10H,5-7,14H2,(H2,15,17)(H,16,18). The fourth-order valence-electron chi connectivity index (χ4n) is 1.42. The highest BCUT2D eigenvalue weighted by Gasteiger charge is 2.14. The second kappa shape index (κ2) is 6.70. The summed E-state index contributed by atoms with van der Waals surface area (Å²) in [5, 5.41) is 2.59. The number of nitrogens with one attached hydrogen (secondary N) is 1. The number of benzene rings is 1. The predicted molar refractivity (Wildman–Crippen MR) is 64.9 cm³/mol. The van der Waals surface area contributed by atoms with Crippen molar-refractivity contribution in [3.8, 4) is 0 Å². The van der Waals surface area contributed by atoms with Crippen LogP contribution < -0.4 is 16.8 Å². The Bertz CT molecular complexity index is 420. The zero-order valence-electron chi connectivity index (χ0n) is 9.86. The lowest BCUT2D eigenvalue weighted by atomic mass is 10.1. The Morgan fingerprint density at radius 3 is 2.44 bits per heavy atom. The van der Waals surface area contributed by atoms with Crippen LogP contribution in [0.1, 0.15) is 12.0 Å². The Labute approximate surface area is 104 Å². The van der Waals surface area contributed by atoms with Gasteiger partial charge in [0.05, 0.1) is 12.5 Å². The van der Waals surface area contributed by atoms with E-state index in [0.29, 0.717) is 13.0 Å². The molecule has 1 aromatic carbocycles. The zero-order chi connectivity index (χ0) is 13.5. The van der Waals surface area contributed by atoms with E-state index in [1.807, 2.05) is 0 Å². The topological polar surface area (TPSA) is 98.2 Å². The van der Waals surface area contributed by atoms with Gasteiger partial charge in [0, 0.05) is 6.54 Å². The van der Waals surface area contributed by atoms with Crippen molar-refractivity contribution in [3.05, 3.63) is 35.6 Å². The molecule has 0 heterocycles. The molecule has 0 aliphatic rings. The second-order valence-electron chi connectivity index (χ2n) is 3.94. The van der Waals surface area contributed by atoms with E-state index in [1.165, 1.54) is 12.1 Å². The molecule has 0 saturated carbocycles. The van der Waals surface area contributed by atoms with Gasteiger partial charge in [-0.3, -0.25) is 9.59 Å². The fraction of sp³-hybridized carbons (Fsp3) is 0.333. The number of halogens is 1. The van der Waals surface area contributed by atoms with E-state index in [1.54, 1.807) is 12.1 Å². The van der Waals surface area contributed by atoms with Crippen LogP contribution in [0.4, 0.5) is 4.39 Å². The summed E-state index contributed by atoms with van der Waals surface area (Å²) in [6.07, 6.45) is 0.387. The highest BCUT2D eigenvalue weighted by Crippen LogP contribution is 2.02. The van der Waals surface area contributed by atoms with E-state index in [-0.39, 0.29) is 12.2 Å². The number of rotatable bonds is 6. The lowest BCUT2D eigenvalue weighted by Crippen LogP contribution is -2.43. The summed E-state index contributed by atoms with van der Waals surface area (Å²) >= 11 is 0. The number of carbonyl (C=O) groups excluding carboxylic acids is 2. The molecular formula is C12H16FN3O2. The molecule has 2 amide bonds. The molecule has 0 saturated heterocycles. The predicted octanol–water partition coefficient (Wildman–Crippen LogP) is -0.313. The van der Waals surface area contributed by atoms with Gasteiger partial charge in [0.2, 0.25) is 11.8 Å². The maximum Gasteiger partial charge on any atom is 0.237 e. The van der Waals surface area contributed by atoms with Crippen molar-refractivity contribution < 1.29 is 14.0 Å². The minimum atomic E-state index is -0.921. The molecule has 0 aliphatic heterocycles. The molecule has 0 fully saturated rings. The number of carbonyl (C=O) groups is 2. The van der Waals surface area contributed by atoms with E-state index in [0.717, 1.165) is 5.56 Å². The summed E-state index contributed by atoms with van der Waals surface area (Å²) in [4.78, 5) is 22.0. The van der Waals surface area contributed by atoms with Crippen molar-refractivity contribution >= 4 is 11.8 Å². The highest BCUT2D eigenvalue weighted by molar-refractivity contribution is 5.87. The third-order valence-corrected chi connectivity index (χ3v) is 2.38. The Morgan fingerprint density at radius 1 is 1.28 bits per heavy atom. The molecule has 0 bridgehead atoms. The zero-order valence-corrected chi connectivity index (χ0v) is 9.86. The monoisotopic (exact) mass is 253 g/mol. The summed E-state index contributed by atoms with van der Waals surface area (Å²) in [5.74, 6) is -1.33. The Kier molecular flexibility index (Phi) is 5.26. The third kappa shape index (κ3) is 4.92. The number of hydrogen-bond donors (Lipinski definition) is 3. The fourth-order valence-corrected chi connectivity index (χ4v) is 1.42. The summed E-state index contributed by atoms with van der Waals surface area (Å²) in [7, 11) is 0. The van der Waals surface area contributed by atoms with E-state index >= 15 is 0 Å². The van der Waals surface area contributed by atoms with E-state index in [9.17, 15) is 14.0 Å². The van der Waals surface area contributed by atoms with Crippen LogP contribution in [0, 0.1) is 5.82 Å². The van der Waals surface area contributed by atoms with Crippen molar-refractivity contribution in [2.75, 3.05) is 6.54 Å². The maximum atomic E-state index is 12.6. The van der Waals surface area contributed by atoms with Gasteiger partial charge >= 0.3 is 0 Å². The van der Waals surface area contributed by atoms with Crippen molar-refractivity contribution in [2.45, 2.75) is 18.9 Å². The van der Waals surface area contributed by atoms with Crippen LogP contribution in [0.25, 0.3) is 0 Å². The van der Waals surface area contributed by atoms with E-state index in [2.05, 4.69) is 5.32 Å². The number of primary amides is 1. The number of nitrogens with two attached hydrogens (primary N) is 2. The average molecular weight is 253 g/mol. The quantitative estimate of drug-likeness (QED) is 0.648. The first-order valence-corrected chi connectivity index (χ1v) is 5.55. The van der Waals surface area contributed by atoms with Crippen LogP contribution in [-0.2, 0) is 16.0 Å². The molecule has 1 aromatic rings. The largest absolute Gasteiger partial charge is 0.370 e. The van der Waals surface area contributed by atoms with E-state index < -0.39 is 17.9 Å². The van der Waals surface area contributed by atoms with Gasteiger partial charge in [-0.15, -0.1) is 0 Å². The molecule has 5 nitrogen and oxygen atoms in total. The minimum Gasteiger partial charge on any atom is -0.370 e. The first-order valence-electron chi connectivity index (χ1n) is 5.55. The molecule has 18 heavy (non-hydrogen) atoms. The van der Waals surface area contributed by atoms with Gasteiger partial charge in [0.15, 0.2) is 0 Å². The Morgan fingerprint density at radius 2 is 1.89 bits per heavy atom. The van der Waals surface area contributed by atoms with E-state index in [4.69, 9.17) is 11.5 Å². The summed E-state index contributed by atoms with van der Waals surface area (Å²) in [6, 6.07) is 5.08. The van der Waals surface area contributed by atoms with Crippen molar-refractivity contribution in [3.63, 3.8) is 0 Å². The van der Waals surface area contributed by atoms with Gasteiger partial charge in [-0.2, -0.15) is 0 Å². The highest BCUT2D eigenvalue weighted by atomic mass is 19.1. The molecule has 0 radical (unpaired) electrons. The number of amides is 2. The summed E-state index contributed by atoms with van der Waals surface area (Å²) in [6.45, 7) is 0.372. The van der Waals surface area contributed by atoms with Crippen LogP contribution >= 0.6 is 0 Å². The van der Waals surface area contributed by atoms with Gasteiger partial charge in [0.1, 0.15) is 5.82 Å². The third-order valence-electron chi connectivity index (χ3n) is 2.38. The van der Waals surface area contributed by atoms with Gasteiger partial charge in [0.25, 0.3) is 0 Å². The van der Waals surface area contributed by atoms with Crippen LogP contribution in [-0.4, -0.2) is 24.4 Å². The molecule has 6 heteroatoms. The molecule has 1 unspecified atom stereocenters. The van der Waals surface area contributed by atoms with Crippen molar-refractivity contribution in [2.24, 2.45) is 11.5 Å². The second-order valence-corrected chi connectivity index (χ2v) is 3.94. The molecule has 0 aliphatic carbocycles. The molecule has 1 atom stereocenters. The molecule has 0 spiro atoms. The molecule has 0 aromatic heterocycles. The summed E-state index contributed by atoms with van der Waals surface area (Å²) < 4.78 is 12.6. The first-order chi connectivity index (χ1) is 8.49. The van der Waals surface area contributed by atoms with Crippen LogP contribution in [0.5, 0.6) is 0 Å². The Balaban J connectivity index is 2.31. The van der Waals surface area contributed by atoms with Crippen molar-refractivity contribution in [1.82, 2.24) is 5.32 Å². The van der Waals surface area contributed by atoms with Gasteiger partial charge in [-0.1, -0.05) is 12.1 Å². The lowest BCUT2D eigenvalue weighted by Gasteiger charge is -2.10. The lowest BCUT2D eigenvalue weighted by molar-refractivity contribution is -0.126.